The van der Waals surface area contributed by atoms with E-state index >= 15 is 0 Å². The molecule has 9 rings (SSSR count). The molecule has 11 heteroatoms. The second kappa shape index (κ2) is 6.51. The first-order valence-corrected chi connectivity index (χ1v) is 14.7. The van der Waals surface area contributed by atoms with Gasteiger partial charge in [-0.25, -0.2) is 0 Å². The summed E-state index contributed by atoms with van der Waals surface area (Å²) in [6.07, 6.45) is 0.334. The number of aliphatic hydroxyl groups is 1. The van der Waals surface area contributed by atoms with Crippen LogP contribution in [0.4, 0.5) is 0 Å². The van der Waals surface area contributed by atoms with Gasteiger partial charge in [-0.3, -0.25) is 23.9 Å². The van der Waals surface area contributed by atoms with E-state index in [0.29, 0.717) is 19.3 Å². The lowest BCUT2D eigenvalue weighted by Gasteiger charge is -2.41. The Kier molecular flexibility index (Phi) is 4.02. The highest BCUT2D eigenvalue weighted by Gasteiger charge is 2.94. The molecular formula is C29H34O11. The SMILES string of the molecule is CC1CC2(OC1=O)OC13OC4(CCC5(C)C(=O)C(C)C2C51)CC12OC(=O)CC1OC(C)(CO)C2CC1OC14C3=O. The van der Waals surface area contributed by atoms with Crippen molar-refractivity contribution in [1.29, 1.82) is 0 Å². The van der Waals surface area contributed by atoms with E-state index in [9.17, 15) is 24.3 Å². The zero-order valence-electron chi connectivity index (χ0n) is 23.0. The minimum Gasteiger partial charge on any atom is -0.456 e. The molecule has 2 aliphatic carbocycles. The van der Waals surface area contributed by atoms with Crippen LogP contribution < -0.4 is 0 Å². The van der Waals surface area contributed by atoms with Gasteiger partial charge < -0.3 is 28.8 Å². The van der Waals surface area contributed by atoms with Crippen LogP contribution in [0.5, 0.6) is 0 Å². The lowest BCUT2D eigenvalue weighted by Crippen LogP contribution is -2.55. The number of carbonyl (C=O) groups is 4. The molecule has 14 atom stereocenters. The molecule has 11 nitrogen and oxygen atoms in total. The van der Waals surface area contributed by atoms with E-state index < -0.39 is 87.2 Å². The van der Waals surface area contributed by atoms with Gasteiger partial charge in [0.1, 0.15) is 23.1 Å². The Morgan fingerprint density at radius 1 is 0.975 bits per heavy atom. The maximum absolute atomic E-state index is 15.0. The maximum Gasteiger partial charge on any atom is 0.311 e. The van der Waals surface area contributed by atoms with Crippen molar-refractivity contribution in [2.24, 2.45) is 35.0 Å². The second-order valence-electron chi connectivity index (χ2n) is 14.6. The van der Waals surface area contributed by atoms with Gasteiger partial charge in [0.25, 0.3) is 0 Å². The molecule has 1 N–H and O–H groups in total. The number of Topliss-reactive ketones (excluding diaryl/α,β-unsaturated/α-hetero) is 2. The number of rotatable bonds is 1. The fourth-order valence-electron chi connectivity index (χ4n) is 11.2. The van der Waals surface area contributed by atoms with Gasteiger partial charge in [-0.05, 0) is 26.2 Å². The minimum atomic E-state index is -1.84. The van der Waals surface area contributed by atoms with E-state index in [2.05, 4.69) is 0 Å². The van der Waals surface area contributed by atoms with Gasteiger partial charge >= 0.3 is 11.9 Å². The number of fused-ring (bicyclic) bond motifs is 1. The van der Waals surface area contributed by atoms with Crippen molar-refractivity contribution in [2.75, 3.05) is 6.61 Å². The van der Waals surface area contributed by atoms with Crippen LogP contribution in [0.25, 0.3) is 0 Å². The molecule has 5 spiro atoms. The van der Waals surface area contributed by atoms with Crippen LogP contribution in [0.3, 0.4) is 0 Å². The lowest BCUT2D eigenvalue weighted by atomic mass is 9.62. The van der Waals surface area contributed by atoms with Gasteiger partial charge in [0.2, 0.25) is 17.4 Å². The number of carbonyl (C=O) groups excluding carboxylic acids is 4. The van der Waals surface area contributed by atoms with E-state index in [4.69, 9.17) is 28.4 Å². The van der Waals surface area contributed by atoms with Crippen LogP contribution in [0, 0.1) is 35.0 Å². The van der Waals surface area contributed by atoms with Gasteiger partial charge in [-0.15, -0.1) is 0 Å². The Balaban J connectivity index is 1.24. The van der Waals surface area contributed by atoms with Crippen LogP contribution >= 0.6 is 0 Å². The summed E-state index contributed by atoms with van der Waals surface area (Å²) in [7, 11) is 0. The summed E-state index contributed by atoms with van der Waals surface area (Å²) in [6, 6.07) is 0. The van der Waals surface area contributed by atoms with Gasteiger partial charge in [-0.1, -0.05) is 20.8 Å². The van der Waals surface area contributed by atoms with Crippen molar-refractivity contribution >= 4 is 23.5 Å². The molecule has 7 saturated heterocycles. The number of ether oxygens (including phenoxy) is 6. The number of aliphatic hydroxyl groups excluding tert-OH is 1. The molecule has 0 aromatic rings. The van der Waals surface area contributed by atoms with Gasteiger partial charge in [0.15, 0.2) is 5.60 Å². The summed E-state index contributed by atoms with van der Waals surface area (Å²) in [6.45, 7) is 7.03. The Hall–Kier alpha value is -1.92. The van der Waals surface area contributed by atoms with Gasteiger partial charge in [0, 0.05) is 41.9 Å². The summed E-state index contributed by atoms with van der Waals surface area (Å²) >= 11 is 0. The predicted octanol–water partition coefficient (Wildman–Crippen LogP) is 0.965. The van der Waals surface area contributed by atoms with Crippen LogP contribution in [0.2, 0.25) is 0 Å². The van der Waals surface area contributed by atoms with Crippen LogP contribution in [-0.4, -0.2) is 81.4 Å². The molecule has 216 valence electrons. The molecule has 14 unspecified atom stereocenters. The van der Waals surface area contributed by atoms with Crippen molar-refractivity contribution in [1.82, 2.24) is 0 Å². The summed E-state index contributed by atoms with van der Waals surface area (Å²) < 4.78 is 38.7. The van der Waals surface area contributed by atoms with E-state index in [-0.39, 0.29) is 43.4 Å². The first-order chi connectivity index (χ1) is 18.8. The normalized spacial score (nSPS) is 63.8. The first-order valence-electron chi connectivity index (χ1n) is 14.7. The second-order valence-corrected chi connectivity index (χ2v) is 14.6. The maximum atomic E-state index is 15.0. The fraction of sp³-hybridized carbons (Fsp3) is 0.862. The Morgan fingerprint density at radius 2 is 1.75 bits per heavy atom. The van der Waals surface area contributed by atoms with Gasteiger partial charge in [0.05, 0.1) is 30.7 Å². The van der Waals surface area contributed by atoms with E-state index in [1.807, 2.05) is 20.8 Å². The van der Waals surface area contributed by atoms with Crippen LogP contribution in [0.15, 0.2) is 0 Å². The third-order valence-corrected chi connectivity index (χ3v) is 12.8. The monoisotopic (exact) mass is 558 g/mol. The molecule has 0 radical (unpaired) electrons. The molecule has 7 heterocycles. The molecule has 2 saturated carbocycles. The third kappa shape index (κ3) is 2.20. The molecule has 9 fully saturated rings. The Labute approximate surface area is 230 Å². The summed E-state index contributed by atoms with van der Waals surface area (Å²) in [5, 5.41) is 10.4. The van der Waals surface area contributed by atoms with Crippen molar-refractivity contribution in [2.45, 2.75) is 112 Å². The minimum absolute atomic E-state index is 0.0229. The molecular weight excluding hydrogens is 524 g/mol. The number of ketones is 2. The van der Waals surface area contributed by atoms with E-state index in [1.54, 1.807) is 6.92 Å². The predicted molar refractivity (Wildman–Crippen MR) is 128 cm³/mol. The van der Waals surface area contributed by atoms with E-state index in [0.717, 1.165) is 0 Å². The van der Waals surface area contributed by atoms with Crippen molar-refractivity contribution < 1.29 is 52.7 Å². The smallest absolute Gasteiger partial charge is 0.311 e. The highest BCUT2D eigenvalue weighted by atomic mass is 16.8. The molecule has 7 aliphatic heterocycles. The number of hydrogen-bond donors (Lipinski definition) is 1. The molecule has 0 amide bonds. The topological polar surface area (TPSA) is 147 Å². The van der Waals surface area contributed by atoms with Gasteiger partial charge in [-0.2, -0.15) is 0 Å². The highest BCUT2D eigenvalue weighted by Crippen LogP contribution is 2.78. The highest BCUT2D eigenvalue weighted by molar-refractivity contribution is 6.03. The van der Waals surface area contributed by atoms with Crippen LogP contribution in [-0.2, 0) is 47.6 Å². The average molecular weight is 559 g/mol. The third-order valence-electron chi connectivity index (χ3n) is 12.8. The fourth-order valence-corrected chi connectivity index (χ4v) is 11.2. The quantitative estimate of drug-likeness (QED) is 0.363. The molecule has 40 heavy (non-hydrogen) atoms. The van der Waals surface area contributed by atoms with Crippen LogP contribution in [0.1, 0.15) is 66.2 Å². The van der Waals surface area contributed by atoms with E-state index in [1.165, 1.54) is 0 Å². The zero-order chi connectivity index (χ0) is 28.0. The Bertz CT molecular complexity index is 1350. The number of epoxide rings is 1. The average Bonchev–Trinajstić information content (AvgIpc) is 3.10. The molecule has 0 aromatic carbocycles. The first kappa shape index (κ1) is 24.7. The molecule has 9 aliphatic rings. The number of hydrogen-bond acceptors (Lipinski definition) is 11. The summed E-state index contributed by atoms with van der Waals surface area (Å²) in [4.78, 5) is 54.5. The molecule has 0 aromatic heterocycles. The van der Waals surface area contributed by atoms with Crippen molar-refractivity contribution in [3.8, 4) is 0 Å². The summed E-state index contributed by atoms with van der Waals surface area (Å²) in [5.41, 5.74) is -5.65. The largest absolute Gasteiger partial charge is 0.456 e. The molecule has 2 bridgehead atoms. The summed E-state index contributed by atoms with van der Waals surface area (Å²) in [5.74, 6) is -6.97. The lowest BCUT2D eigenvalue weighted by molar-refractivity contribution is -0.313. The van der Waals surface area contributed by atoms with Crippen molar-refractivity contribution in [3.05, 3.63) is 0 Å². The Morgan fingerprint density at radius 3 is 2.45 bits per heavy atom. The van der Waals surface area contributed by atoms with Crippen molar-refractivity contribution in [3.63, 3.8) is 0 Å². The zero-order valence-corrected chi connectivity index (χ0v) is 23.0. The standard InChI is InChI=1S/C29H34O11/c1-12-9-27(38-21(12)33)18-13(2)20(32)23(3)5-6-25-10-26-14(24(4,11-30)35-15(26)8-17(31)37-26)7-16-28(25,36-16)22(34)29(39-25,40-27)19(18)23/h12-16,18-19,30H,5-11H2,1-4H3. The number of esters is 2.